The van der Waals surface area contributed by atoms with E-state index in [4.69, 9.17) is 9.47 Å². The monoisotopic (exact) mass is 243 g/mol. The first-order valence-electron chi connectivity index (χ1n) is 5.57. The Hall–Kier alpha value is -1.36. The normalized spacial score (nSPS) is 16.7. The zero-order valence-corrected chi connectivity index (χ0v) is 9.58. The molecule has 1 unspecified atom stereocenters. The van der Waals surface area contributed by atoms with Crippen LogP contribution in [0, 0.1) is 0 Å². The van der Waals surface area contributed by atoms with Gasteiger partial charge in [-0.1, -0.05) is 6.07 Å². The van der Waals surface area contributed by atoms with Gasteiger partial charge in [0.05, 0.1) is 19.3 Å². The van der Waals surface area contributed by atoms with Gasteiger partial charge in [-0.25, -0.2) is 8.78 Å². The highest BCUT2D eigenvalue weighted by Gasteiger charge is 2.22. The van der Waals surface area contributed by atoms with Crippen molar-refractivity contribution < 1.29 is 18.3 Å². The molecule has 0 aromatic heterocycles. The molecule has 0 amide bonds. The van der Waals surface area contributed by atoms with Crippen LogP contribution in [0.4, 0.5) is 8.78 Å². The highest BCUT2D eigenvalue weighted by Crippen LogP contribution is 2.33. The minimum absolute atomic E-state index is 0.506. The molecule has 0 radical (unpaired) electrons. The van der Waals surface area contributed by atoms with Crippen molar-refractivity contribution in [2.24, 2.45) is 0 Å². The molecule has 5 heteroatoms. The summed E-state index contributed by atoms with van der Waals surface area (Å²) in [6, 6.07) is 3.96. The summed E-state index contributed by atoms with van der Waals surface area (Å²) in [4.78, 5) is 0. The molecular formula is C12H15F2NO2. The first kappa shape index (κ1) is 12.1. The molecule has 0 saturated carbocycles. The summed E-state index contributed by atoms with van der Waals surface area (Å²) in [5.41, 5.74) is 0.506. The number of hydrogen-bond donors (Lipinski definition) is 1. The Morgan fingerprint density at radius 1 is 1.18 bits per heavy atom. The minimum Gasteiger partial charge on any atom is -0.490 e. The second kappa shape index (κ2) is 5.31. The molecule has 1 heterocycles. The second-order valence-corrected chi connectivity index (χ2v) is 3.86. The second-order valence-electron chi connectivity index (χ2n) is 3.86. The van der Waals surface area contributed by atoms with Crippen LogP contribution in [-0.4, -0.2) is 26.7 Å². The van der Waals surface area contributed by atoms with Crippen molar-refractivity contribution in [3.63, 3.8) is 0 Å². The van der Waals surface area contributed by atoms with Crippen molar-refractivity contribution in [1.29, 1.82) is 0 Å². The van der Waals surface area contributed by atoms with E-state index in [2.05, 4.69) is 5.32 Å². The molecule has 0 aliphatic carbocycles. The van der Waals surface area contributed by atoms with Gasteiger partial charge in [0.2, 0.25) is 0 Å². The van der Waals surface area contributed by atoms with Crippen LogP contribution in [0.3, 0.4) is 0 Å². The van der Waals surface area contributed by atoms with Crippen molar-refractivity contribution in [3.05, 3.63) is 23.8 Å². The Morgan fingerprint density at radius 2 is 1.88 bits per heavy atom. The molecule has 3 nitrogen and oxygen atoms in total. The minimum atomic E-state index is -2.45. The molecule has 1 aromatic rings. The van der Waals surface area contributed by atoms with E-state index in [9.17, 15) is 8.78 Å². The third-order valence-corrected chi connectivity index (χ3v) is 2.69. The fourth-order valence-corrected chi connectivity index (χ4v) is 1.81. The summed E-state index contributed by atoms with van der Waals surface area (Å²) in [6.45, 7) is 1.14. The third kappa shape index (κ3) is 2.66. The molecule has 17 heavy (non-hydrogen) atoms. The number of fused-ring (bicyclic) bond motifs is 1. The molecule has 1 aliphatic rings. The Balaban J connectivity index is 2.28. The highest BCUT2D eigenvalue weighted by molar-refractivity contribution is 5.44. The van der Waals surface area contributed by atoms with E-state index in [0.717, 1.165) is 6.42 Å². The maximum Gasteiger partial charge on any atom is 0.257 e. The van der Waals surface area contributed by atoms with Gasteiger partial charge in [0.1, 0.15) is 0 Å². The number of ether oxygens (including phenoxy) is 2. The van der Waals surface area contributed by atoms with Gasteiger partial charge in [0.25, 0.3) is 6.43 Å². The largest absolute Gasteiger partial charge is 0.490 e. The number of halogens is 2. The quantitative estimate of drug-likeness (QED) is 0.884. The fourth-order valence-electron chi connectivity index (χ4n) is 1.81. The first-order valence-corrected chi connectivity index (χ1v) is 5.57. The average molecular weight is 243 g/mol. The van der Waals surface area contributed by atoms with Gasteiger partial charge in [-0.3, -0.25) is 0 Å². The lowest BCUT2D eigenvalue weighted by molar-refractivity contribution is 0.102. The van der Waals surface area contributed by atoms with Crippen molar-refractivity contribution in [2.75, 3.05) is 20.3 Å². The van der Waals surface area contributed by atoms with E-state index in [1.807, 2.05) is 0 Å². The molecule has 0 bridgehead atoms. The molecule has 1 atom stereocenters. The predicted molar refractivity (Wildman–Crippen MR) is 59.9 cm³/mol. The van der Waals surface area contributed by atoms with Crippen LogP contribution in [0.1, 0.15) is 18.0 Å². The molecule has 1 aromatic carbocycles. The lowest BCUT2D eigenvalue weighted by Crippen LogP contribution is -2.23. The SMILES string of the molecule is CNC(c1ccc2c(c1)OCCCO2)C(F)F. The topological polar surface area (TPSA) is 30.5 Å². The maximum atomic E-state index is 12.8. The van der Waals surface area contributed by atoms with E-state index in [-0.39, 0.29) is 0 Å². The van der Waals surface area contributed by atoms with E-state index in [1.165, 1.54) is 7.05 Å². The third-order valence-electron chi connectivity index (χ3n) is 2.69. The summed E-state index contributed by atoms with van der Waals surface area (Å²) in [7, 11) is 1.51. The van der Waals surface area contributed by atoms with Gasteiger partial charge in [-0.2, -0.15) is 0 Å². The predicted octanol–water partition coefficient (Wildman–Crippen LogP) is 2.37. The molecule has 0 spiro atoms. The first-order chi connectivity index (χ1) is 8.22. The van der Waals surface area contributed by atoms with Crippen molar-refractivity contribution in [2.45, 2.75) is 18.9 Å². The van der Waals surface area contributed by atoms with E-state index < -0.39 is 12.5 Å². The molecular weight excluding hydrogens is 228 g/mol. The molecule has 2 rings (SSSR count). The summed E-state index contributed by atoms with van der Waals surface area (Å²) in [5, 5.41) is 2.59. The Morgan fingerprint density at radius 3 is 2.53 bits per heavy atom. The Kier molecular flexibility index (Phi) is 3.78. The highest BCUT2D eigenvalue weighted by atomic mass is 19.3. The Bertz CT molecular complexity index is 385. The van der Waals surface area contributed by atoms with E-state index in [0.29, 0.717) is 30.3 Å². The Labute approximate surface area is 98.7 Å². The van der Waals surface area contributed by atoms with Gasteiger partial charge in [0, 0.05) is 6.42 Å². The van der Waals surface area contributed by atoms with Crippen LogP contribution in [0.25, 0.3) is 0 Å². The fraction of sp³-hybridized carbons (Fsp3) is 0.500. The van der Waals surface area contributed by atoms with Gasteiger partial charge in [-0.05, 0) is 24.7 Å². The van der Waals surface area contributed by atoms with E-state index >= 15 is 0 Å². The van der Waals surface area contributed by atoms with Gasteiger partial charge >= 0.3 is 0 Å². The molecule has 0 saturated heterocycles. The van der Waals surface area contributed by atoms with Crippen LogP contribution in [0.2, 0.25) is 0 Å². The summed E-state index contributed by atoms with van der Waals surface area (Å²) >= 11 is 0. The summed E-state index contributed by atoms with van der Waals surface area (Å²) < 4.78 is 36.4. The number of hydrogen-bond acceptors (Lipinski definition) is 3. The van der Waals surface area contributed by atoms with Crippen LogP contribution in [-0.2, 0) is 0 Å². The molecule has 1 aliphatic heterocycles. The number of rotatable bonds is 3. The maximum absolute atomic E-state index is 12.8. The molecule has 94 valence electrons. The summed E-state index contributed by atoms with van der Waals surface area (Å²) in [6.07, 6.45) is -1.65. The van der Waals surface area contributed by atoms with Gasteiger partial charge in [0.15, 0.2) is 11.5 Å². The number of benzene rings is 1. The standard InChI is InChI=1S/C12H15F2NO2/c1-15-11(12(13)14)8-3-4-9-10(7-8)17-6-2-5-16-9/h3-4,7,11-12,15H,2,5-6H2,1H3. The average Bonchev–Trinajstić information content (AvgIpc) is 2.54. The van der Waals surface area contributed by atoms with Crippen molar-refractivity contribution >= 4 is 0 Å². The lowest BCUT2D eigenvalue weighted by atomic mass is 10.1. The van der Waals surface area contributed by atoms with Crippen molar-refractivity contribution in [3.8, 4) is 11.5 Å². The van der Waals surface area contributed by atoms with Crippen LogP contribution in [0.5, 0.6) is 11.5 Å². The lowest BCUT2D eigenvalue weighted by Gasteiger charge is -2.17. The van der Waals surface area contributed by atoms with Gasteiger partial charge < -0.3 is 14.8 Å². The van der Waals surface area contributed by atoms with Crippen LogP contribution < -0.4 is 14.8 Å². The number of nitrogens with one attached hydrogen (secondary N) is 1. The number of alkyl halides is 2. The molecule has 0 fully saturated rings. The zero-order chi connectivity index (χ0) is 12.3. The van der Waals surface area contributed by atoms with Crippen LogP contribution >= 0.6 is 0 Å². The van der Waals surface area contributed by atoms with Crippen molar-refractivity contribution in [1.82, 2.24) is 5.32 Å². The zero-order valence-electron chi connectivity index (χ0n) is 9.58. The summed E-state index contributed by atoms with van der Waals surface area (Å²) in [5.74, 6) is 1.16. The smallest absolute Gasteiger partial charge is 0.257 e. The van der Waals surface area contributed by atoms with Gasteiger partial charge in [-0.15, -0.1) is 0 Å². The van der Waals surface area contributed by atoms with Crippen LogP contribution in [0.15, 0.2) is 18.2 Å². The molecule has 1 N–H and O–H groups in total. The van der Waals surface area contributed by atoms with E-state index in [1.54, 1.807) is 18.2 Å².